The molecule has 4 rings (SSSR count). The number of ether oxygens (including phenoxy) is 1. The van der Waals surface area contributed by atoms with Gasteiger partial charge in [0, 0.05) is 39.0 Å². The van der Waals surface area contributed by atoms with Gasteiger partial charge in [-0.1, -0.05) is 6.07 Å². The minimum atomic E-state index is -0.0422. The molecule has 7 nitrogen and oxygen atoms in total. The molecule has 0 spiro atoms. The Hall–Kier alpha value is -2.25. The summed E-state index contributed by atoms with van der Waals surface area (Å²) in [6.45, 7) is 4.57. The van der Waals surface area contributed by atoms with Crippen LogP contribution in [0.15, 0.2) is 30.5 Å². The predicted octanol–water partition coefficient (Wildman–Crippen LogP) is 1.93. The summed E-state index contributed by atoms with van der Waals surface area (Å²) < 4.78 is 7.76. The van der Waals surface area contributed by atoms with E-state index in [1.165, 1.54) is 0 Å². The Balaban J connectivity index is 1.55. The van der Waals surface area contributed by atoms with Crippen LogP contribution in [0.25, 0.3) is 0 Å². The Kier molecular flexibility index (Phi) is 5.50. The number of carbonyl (C=O) groups excluding carboxylic acids is 1. The van der Waals surface area contributed by atoms with Gasteiger partial charge in [0.25, 0.3) is 5.91 Å². The lowest BCUT2D eigenvalue weighted by Crippen LogP contribution is -2.37. The average Bonchev–Trinajstić information content (AvgIpc) is 3.28. The minimum absolute atomic E-state index is 0.0422. The van der Waals surface area contributed by atoms with Gasteiger partial charge in [-0.25, -0.2) is 0 Å². The third-order valence-corrected chi connectivity index (χ3v) is 5.24. The van der Waals surface area contributed by atoms with E-state index in [1.54, 1.807) is 6.20 Å². The fraction of sp³-hybridized carbons (Fsp3) is 0.550. The second-order valence-corrected chi connectivity index (χ2v) is 7.48. The summed E-state index contributed by atoms with van der Waals surface area (Å²) in [6, 6.07) is 7.74. The van der Waals surface area contributed by atoms with Crippen molar-refractivity contribution in [2.24, 2.45) is 0 Å². The molecule has 4 heterocycles. The summed E-state index contributed by atoms with van der Waals surface area (Å²) in [6.07, 6.45) is 4.97. The number of rotatable bonds is 5. The van der Waals surface area contributed by atoms with Crippen LogP contribution >= 0.6 is 0 Å². The Morgan fingerprint density at radius 3 is 3.04 bits per heavy atom. The highest BCUT2D eigenvalue weighted by atomic mass is 16.5. The number of hydrogen-bond donors (Lipinski definition) is 0. The Morgan fingerprint density at radius 2 is 2.26 bits per heavy atom. The number of amides is 1. The van der Waals surface area contributed by atoms with Crippen LogP contribution in [0.3, 0.4) is 0 Å². The van der Waals surface area contributed by atoms with Gasteiger partial charge in [0.2, 0.25) is 0 Å². The second kappa shape index (κ2) is 8.19. The molecule has 27 heavy (non-hydrogen) atoms. The van der Waals surface area contributed by atoms with Crippen molar-refractivity contribution in [3.63, 3.8) is 0 Å². The van der Waals surface area contributed by atoms with Crippen molar-refractivity contribution in [3.8, 4) is 0 Å². The van der Waals surface area contributed by atoms with Crippen LogP contribution in [0.2, 0.25) is 0 Å². The maximum atomic E-state index is 13.3. The summed E-state index contributed by atoms with van der Waals surface area (Å²) in [7, 11) is 2.11. The van der Waals surface area contributed by atoms with Gasteiger partial charge in [-0.05, 0) is 44.5 Å². The first-order valence-corrected chi connectivity index (χ1v) is 9.75. The zero-order chi connectivity index (χ0) is 18.6. The van der Waals surface area contributed by atoms with Gasteiger partial charge in [0.15, 0.2) is 5.69 Å². The van der Waals surface area contributed by atoms with E-state index in [9.17, 15) is 4.79 Å². The molecule has 0 aromatic carbocycles. The molecule has 1 atom stereocenters. The van der Waals surface area contributed by atoms with Gasteiger partial charge in [-0.2, -0.15) is 5.10 Å². The van der Waals surface area contributed by atoms with E-state index in [1.807, 2.05) is 33.8 Å². The van der Waals surface area contributed by atoms with E-state index in [0.717, 1.165) is 56.9 Å². The van der Waals surface area contributed by atoms with Gasteiger partial charge < -0.3 is 14.5 Å². The fourth-order valence-electron chi connectivity index (χ4n) is 3.83. The van der Waals surface area contributed by atoms with Crippen LogP contribution < -0.4 is 0 Å². The number of carbonyl (C=O) groups is 1. The molecule has 2 aliphatic heterocycles. The molecule has 0 saturated carbocycles. The molecule has 1 fully saturated rings. The molecule has 1 amide bonds. The molecule has 0 unspecified atom stereocenters. The summed E-state index contributed by atoms with van der Waals surface area (Å²) in [5.41, 5.74) is 2.51. The summed E-state index contributed by atoms with van der Waals surface area (Å²) in [4.78, 5) is 21.8. The van der Waals surface area contributed by atoms with Crippen LogP contribution in [0, 0.1) is 0 Å². The number of hydrogen-bond acceptors (Lipinski definition) is 5. The molecular formula is C20H27N5O2. The first-order valence-electron chi connectivity index (χ1n) is 9.75. The third-order valence-electron chi connectivity index (χ3n) is 5.24. The van der Waals surface area contributed by atoms with E-state index in [0.29, 0.717) is 18.8 Å². The number of nitrogens with zero attached hydrogens (tertiary/aromatic N) is 5. The molecule has 144 valence electrons. The monoisotopic (exact) mass is 369 g/mol. The first kappa shape index (κ1) is 18.1. The van der Waals surface area contributed by atoms with Crippen molar-refractivity contribution in [3.05, 3.63) is 47.5 Å². The molecule has 0 aliphatic carbocycles. The summed E-state index contributed by atoms with van der Waals surface area (Å²) in [5, 5.41) is 4.62. The molecule has 7 heteroatoms. The van der Waals surface area contributed by atoms with Crippen LogP contribution in [0.4, 0.5) is 0 Å². The van der Waals surface area contributed by atoms with E-state index in [2.05, 4.69) is 22.0 Å². The molecule has 2 aromatic heterocycles. The third kappa shape index (κ3) is 4.36. The van der Waals surface area contributed by atoms with E-state index < -0.39 is 0 Å². The second-order valence-electron chi connectivity index (χ2n) is 7.48. The van der Waals surface area contributed by atoms with E-state index >= 15 is 0 Å². The van der Waals surface area contributed by atoms with Crippen molar-refractivity contribution < 1.29 is 9.53 Å². The van der Waals surface area contributed by atoms with Gasteiger partial charge >= 0.3 is 0 Å². The molecule has 2 aliphatic rings. The highest BCUT2D eigenvalue weighted by molar-refractivity contribution is 5.92. The number of fused-ring (bicyclic) bond motifs is 1. The number of aromatic nitrogens is 3. The van der Waals surface area contributed by atoms with Crippen molar-refractivity contribution in [2.75, 3.05) is 26.7 Å². The zero-order valence-corrected chi connectivity index (χ0v) is 15.9. The summed E-state index contributed by atoms with van der Waals surface area (Å²) in [5.74, 6) is -0.0422. The van der Waals surface area contributed by atoms with Gasteiger partial charge in [-0.3, -0.25) is 14.5 Å². The Bertz CT molecular complexity index is 770. The smallest absolute Gasteiger partial charge is 0.274 e. The molecule has 0 N–H and O–H groups in total. The average molecular weight is 369 g/mol. The van der Waals surface area contributed by atoms with Gasteiger partial charge in [-0.15, -0.1) is 0 Å². The van der Waals surface area contributed by atoms with E-state index in [-0.39, 0.29) is 12.0 Å². The lowest BCUT2D eigenvalue weighted by atomic mass is 10.2. The zero-order valence-electron chi connectivity index (χ0n) is 15.9. The van der Waals surface area contributed by atoms with Crippen LogP contribution in [0.1, 0.15) is 41.1 Å². The van der Waals surface area contributed by atoms with Crippen LogP contribution in [-0.2, 0) is 24.4 Å². The normalized spacial score (nSPS) is 20.3. The highest BCUT2D eigenvalue weighted by Gasteiger charge is 2.26. The van der Waals surface area contributed by atoms with Crippen molar-refractivity contribution in [1.29, 1.82) is 0 Å². The first-order chi connectivity index (χ1) is 13.2. The summed E-state index contributed by atoms with van der Waals surface area (Å²) >= 11 is 0. The van der Waals surface area contributed by atoms with E-state index in [4.69, 9.17) is 4.74 Å². The lowest BCUT2D eigenvalue weighted by Gasteiger charge is -2.24. The predicted molar refractivity (Wildman–Crippen MR) is 101 cm³/mol. The van der Waals surface area contributed by atoms with Gasteiger partial charge in [0.1, 0.15) is 0 Å². The largest absolute Gasteiger partial charge is 0.376 e. The van der Waals surface area contributed by atoms with Crippen LogP contribution in [0.5, 0.6) is 0 Å². The number of pyridine rings is 1. The maximum absolute atomic E-state index is 13.3. The Morgan fingerprint density at radius 1 is 1.33 bits per heavy atom. The fourth-order valence-corrected chi connectivity index (χ4v) is 3.83. The standard InChI is InChI=1S/C20H27N5O2/c1-23-9-5-10-25-17(14-23)12-19(22-25)20(26)24(15-18-7-4-11-27-18)13-16-6-2-3-8-21-16/h2-3,6,8,12,18H,4-5,7,9-11,13-15H2,1H3/t18-/m1/s1. The molecule has 0 radical (unpaired) electrons. The van der Waals surface area contributed by atoms with Crippen molar-refractivity contribution >= 4 is 5.91 Å². The number of aryl methyl sites for hydroxylation is 1. The quantitative estimate of drug-likeness (QED) is 0.806. The van der Waals surface area contributed by atoms with Gasteiger partial charge in [0.05, 0.1) is 24.0 Å². The Labute approximate surface area is 159 Å². The van der Waals surface area contributed by atoms with Crippen molar-refractivity contribution in [2.45, 2.75) is 45.0 Å². The molecule has 0 bridgehead atoms. The molecule has 2 aromatic rings. The SMILES string of the molecule is CN1CCCn2nc(C(=O)N(Cc3ccccn3)C[C@H]3CCCO3)cc2C1. The molecular weight excluding hydrogens is 342 g/mol. The molecule has 1 saturated heterocycles. The maximum Gasteiger partial charge on any atom is 0.274 e. The topological polar surface area (TPSA) is 63.5 Å². The van der Waals surface area contributed by atoms with Crippen LogP contribution in [-0.4, -0.2) is 63.3 Å². The van der Waals surface area contributed by atoms with Crippen molar-refractivity contribution in [1.82, 2.24) is 24.6 Å². The minimum Gasteiger partial charge on any atom is -0.376 e. The highest BCUT2D eigenvalue weighted by Crippen LogP contribution is 2.18. The lowest BCUT2D eigenvalue weighted by molar-refractivity contribution is 0.0499.